The van der Waals surface area contributed by atoms with Crippen molar-refractivity contribution in [2.24, 2.45) is 0 Å². The molecule has 0 aliphatic carbocycles. The number of thiazole rings is 1. The summed E-state index contributed by atoms with van der Waals surface area (Å²) in [5, 5.41) is 10.1. The fraction of sp³-hybridized carbons (Fsp3) is 0.208. The smallest absolute Gasteiger partial charge is 0.262 e. The first kappa shape index (κ1) is 21.1. The lowest BCUT2D eigenvalue weighted by Gasteiger charge is -2.10. The number of fused-ring (bicyclic) bond motifs is 6. The summed E-state index contributed by atoms with van der Waals surface area (Å²) < 4.78 is 6.32. The Morgan fingerprint density at radius 1 is 0.971 bits per heavy atom. The van der Waals surface area contributed by atoms with Crippen LogP contribution in [0.5, 0.6) is 0 Å². The van der Waals surface area contributed by atoms with Crippen LogP contribution in [0.2, 0.25) is 0 Å². The third kappa shape index (κ3) is 3.33. The van der Waals surface area contributed by atoms with E-state index in [2.05, 4.69) is 17.1 Å². The minimum atomic E-state index is -0.0944. The molecule has 8 nitrogen and oxygen atoms in total. The van der Waals surface area contributed by atoms with Gasteiger partial charge in [0.1, 0.15) is 0 Å². The number of aromatic nitrogens is 6. The van der Waals surface area contributed by atoms with Gasteiger partial charge in [-0.3, -0.25) is 23.0 Å². The summed E-state index contributed by atoms with van der Waals surface area (Å²) in [6.45, 7) is 2.69. The van der Waals surface area contributed by atoms with Crippen LogP contribution in [0.1, 0.15) is 25.5 Å². The predicted molar refractivity (Wildman–Crippen MR) is 136 cm³/mol. The highest BCUT2D eigenvalue weighted by molar-refractivity contribution is 7.98. The van der Waals surface area contributed by atoms with E-state index in [0.29, 0.717) is 39.3 Å². The number of hydrogen-bond acceptors (Lipinski definition) is 7. The molecule has 2 aromatic carbocycles. The van der Waals surface area contributed by atoms with Gasteiger partial charge < -0.3 is 0 Å². The van der Waals surface area contributed by atoms with E-state index in [1.807, 2.05) is 52.9 Å². The topological polar surface area (TPSA) is 86.6 Å². The van der Waals surface area contributed by atoms with Crippen LogP contribution >= 0.6 is 23.1 Å². The van der Waals surface area contributed by atoms with Crippen LogP contribution in [0, 0.1) is 0 Å². The van der Waals surface area contributed by atoms with Crippen molar-refractivity contribution in [3.05, 3.63) is 81.0 Å². The first-order valence-corrected chi connectivity index (χ1v) is 12.9. The number of unbranched alkanes of at least 4 members (excludes halogenated alkanes) is 1. The van der Waals surface area contributed by atoms with Crippen molar-refractivity contribution in [1.29, 1.82) is 0 Å². The fourth-order valence-electron chi connectivity index (χ4n) is 4.18. The lowest BCUT2D eigenvalue weighted by molar-refractivity contribution is 0.620. The van der Waals surface area contributed by atoms with Gasteiger partial charge >= 0.3 is 0 Å². The second kappa shape index (κ2) is 8.37. The zero-order valence-corrected chi connectivity index (χ0v) is 20.0. The normalized spacial score (nSPS) is 11.9. The van der Waals surface area contributed by atoms with Gasteiger partial charge in [0, 0.05) is 18.4 Å². The molecule has 34 heavy (non-hydrogen) atoms. The van der Waals surface area contributed by atoms with Gasteiger partial charge in [-0.25, -0.2) is 4.98 Å². The standard InChI is InChI=1S/C24H20N6O2S2/c1-2-3-12-28-21(32)16-8-4-5-9-17(16)30-22(28)26-27-24(30)33-14-15-13-20(31)29-18-10-6-7-11-19(18)34-23(29)25-15/h4-11,13H,2-3,12,14H2,1H3. The van der Waals surface area contributed by atoms with Crippen molar-refractivity contribution in [3.8, 4) is 0 Å². The zero-order chi connectivity index (χ0) is 23.2. The maximum absolute atomic E-state index is 13.1. The van der Waals surface area contributed by atoms with Gasteiger partial charge in [0.25, 0.3) is 11.1 Å². The Kier molecular flexibility index (Phi) is 5.19. The van der Waals surface area contributed by atoms with Gasteiger partial charge in [-0.2, -0.15) is 0 Å². The number of aryl methyl sites for hydroxylation is 1. The Bertz CT molecular complexity index is 1810. The van der Waals surface area contributed by atoms with Crippen molar-refractivity contribution in [1.82, 2.24) is 28.5 Å². The monoisotopic (exact) mass is 488 g/mol. The summed E-state index contributed by atoms with van der Waals surface area (Å²) in [6.07, 6.45) is 1.86. The second-order valence-electron chi connectivity index (χ2n) is 8.01. The van der Waals surface area contributed by atoms with E-state index in [4.69, 9.17) is 4.98 Å². The average Bonchev–Trinajstić information content (AvgIpc) is 3.44. The highest BCUT2D eigenvalue weighted by Crippen LogP contribution is 2.26. The molecule has 4 aromatic heterocycles. The molecule has 10 heteroatoms. The van der Waals surface area contributed by atoms with Crippen molar-refractivity contribution in [3.63, 3.8) is 0 Å². The molecule has 0 saturated heterocycles. The molecular formula is C24H20N6O2S2. The van der Waals surface area contributed by atoms with E-state index >= 15 is 0 Å². The summed E-state index contributed by atoms with van der Waals surface area (Å²) in [5.41, 5.74) is 2.19. The average molecular weight is 489 g/mol. The minimum Gasteiger partial charge on any atom is -0.276 e. The molecule has 0 bridgehead atoms. The molecule has 0 saturated carbocycles. The number of thioether (sulfide) groups is 1. The Morgan fingerprint density at radius 2 is 1.76 bits per heavy atom. The Balaban J connectivity index is 1.43. The lowest BCUT2D eigenvalue weighted by Crippen LogP contribution is -2.23. The highest BCUT2D eigenvalue weighted by atomic mass is 32.2. The van der Waals surface area contributed by atoms with Gasteiger partial charge in [-0.15, -0.1) is 10.2 Å². The number of nitrogens with zero attached hydrogens (tertiary/aromatic N) is 6. The van der Waals surface area contributed by atoms with Crippen LogP contribution in [-0.4, -0.2) is 28.5 Å². The minimum absolute atomic E-state index is 0.0506. The van der Waals surface area contributed by atoms with Crippen molar-refractivity contribution >= 4 is 55.0 Å². The first-order chi connectivity index (χ1) is 16.7. The van der Waals surface area contributed by atoms with Crippen LogP contribution < -0.4 is 11.1 Å². The predicted octanol–water partition coefficient (Wildman–Crippen LogP) is 4.36. The SMILES string of the molecule is CCCCn1c(=O)c2ccccc2n2c(SCc3cc(=O)n4c(n3)sc3ccccc34)nnc12. The van der Waals surface area contributed by atoms with Gasteiger partial charge in [-0.05, 0) is 30.7 Å². The van der Waals surface area contributed by atoms with Gasteiger partial charge in [0.05, 0.1) is 26.8 Å². The number of rotatable bonds is 6. The van der Waals surface area contributed by atoms with E-state index in [0.717, 1.165) is 28.6 Å². The van der Waals surface area contributed by atoms with E-state index in [-0.39, 0.29) is 11.1 Å². The molecule has 0 fully saturated rings. The molecule has 0 unspecified atom stereocenters. The van der Waals surface area contributed by atoms with E-state index < -0.39 is 0 Å². The van der Waals surface area contributed by atoms with Gasteiger partial charge in [-0.1, -0.05) is 60.7 Å². The third-order valence-electron chi connectivity index (χ3n) is 5.81. The molecule has 4 heterocycles. The van der Waals surface area contributed by atoms with Crippen molar-refractivity contribution in [2.45, 2.75) is 37.2 Å². The molecule has 0 amide bonds. The molecule has 0 aliphatic rings. The molecule has 6 aromatic rings. The van der Waals surface area contributed by atoms with E-state index in [9.17, 15) is 9.59 Å². The molecule has 0 aliphatic heterocycles. The van der Waals surface area contributed by atoms with E-state index in [1.54, 1.807) is 15.0 Å². The third-order valence-corrected chi connectivity index (χ3v) is 7.80. The summed E-state index contributed by atoms with van der Waals surface area (Å²) in [4.78, 5) is 31.4. The summed E-state index contributed by atoms with van der Waals surface area (Å²) in [7, 11) is 0. The van der Waals surface area contributed by atoms with Crippen molar-refractivity contribution in [2.75, 3.05) is 0 Å². The first-order valence-electron chi connectivity index (χ1n) is 11.1. The number of benzene rings is 2. The van der Waals surface area contributed by atoms with Crippen LogP contribution in [0.15, 0.2) is 69.3 Å². The van der Waals surface area contributed by atoms with Crippen LogP contribution in [0.4, 0.5) is 0 Å². The van der Waals surface area contributed by atoms with E-state index in [1.165, 1.54) is 23.1 Å². The summed E-state index contributed by atoms with van der Waals surface area (Å²) in [5.74, 6) is 0.996. The Morgan fingerprint density at radius 3 is 2.62 bits per heavy atom. The molecule has 170 valence electrons. The molecule has 0 atom stereocenters. The molecule has 0 radical (unpaired) electrons. The van der Waals surface area contributed by atoms with Crippen molar-refractivity contribution < 1.29 is 0 Å². The van der Waals surface area contributed by atoms with Gasteiger partial charge in [0.2, 0.25) is 5.78 Å². The number of para-hydroxylation sites is 2. The Labute approximate surface area is 201 Å². The lowest BCUT2D eigenvalue weighted by atomic mass is 10.2. The van der Waals surface area contributed by atoms with Crippen LogP contribution in [0.3, 0.4) is 0 Å². The summed E-state index contributed by atoms with van der Waals surface area (Å²) >= 11 is 2.96. The number of hydrogen-bond donors (Lipinski definition) is 0. The fourth-order valence-corrected chi connectivity index (χ4v) is 6.06. The van der Waals surface area contributed by atoms with Crippen LogP contribution in [-0.2, 0) is 12.3 Å². The largest absolute Gasteiger partial charge is 0.276 e. The molecule has 0 N–H and O–H groups in total. The molecule has 0 spiro atoms. The molecule has 6 rings (SSSR count). The quantitative estimate of drug-likeness (QED) is 0.324. The maximum atomic E-state index is 13.1. The molecular weight excluding hydrogens is 468 g/mol. The highest BCUT2D eigenvalue weighted by Gasteiger charge is 2.17. The van der Waals surface area contributed by atoms with Gasteiger partial charge in [0.15, 0.2) is 10.1 Å². The zero-order valence-electron chi connectivity index (χ0n) is 18.3. The maximum Gasteiger partial charge on any atom is 0.262 e. The summed E-state index contributed by atoms with van der Waals surface area (Å²) in [6, 6.07) is 16.9. The second-order valence-corrected chi connectivity index (χ2v) is 9.96. The van der Waals surface area contributed by atoms with Crippen LogP contribution in [0.25, 0.3) is 31.9 Å². The Hall–Kier alpha value is -3.50.